The molecule has 136 valence electrons. The van der Waals surface area contributed by atoms with Gasteiger partial charge < -0.3 is 14.9 Å². The number of benzene rings is 1. The zero-order valence-corrected chi connectivity index (χ0v) is 15.0. The summed E-state index contributed by atoms with van der Waals surface area (Å²) in [5.74, 6) is -0.817. The zero-order valence-electron chi connectivity index (χ0n) is 15.0. The fraction of sp³-hybridized carbons (Fsp3) is 0.524. The van der Waals surface area contributed by atoms with Crippen LogP contribution in [0.1, 0.15) is 51.2 Å². The van der Waals surface area contributed by atoms with Crippen molar-refractivity contribution in [1.29, 1.82) is 0 Å². The fourth-order valence-electron chi connectivity index (χ4n) is 4.00. The van der Waals surface area contributed by atoms with Crippen LogP contribution in [0.15, 0.2) is 41.5 Å². The first-order valence-electron chi connectivity index (χ1n) is 8.97. The highest BCUT2D eigenvalue weighted by Crippen LogP contribution is 2.51. The molecule has 25 heavy (non-hydrogen) atoms. The molecule has 1 fully saturated rings. The van der Waals surface area contributed by atoms with Crippen LogP contribution in [0.4, 0.5) is 4.39 Å². The minimum absolute atomic E-state index is 0.109. The molecule has 0 radical (unpaired) electrons. The van der Waals surface area contributed by atoms with E-state index in [4.69, 9.17) is 4.74 Å². The van der Waals surface area contributed by atoms with Crippen LogP contribution in [0.25, 0.3) is 0 Å². The Hall–Kier alpha value is -1.65. The number of hydrogen-bond acceptors (Lipinski definition) is 3. The number of hydrogen-bond donors (Lipinski definition) is 2. The Balaban J connectivity index is 1.87. The monoisotopic (exact) mass is 346 g/mol. The first kappa shape index (κ1) is 18.2. The lowest BCUT2D eigenvalue weighted by atomic mass is 9.65. The molecule has 0 aromatic heterocycles. The van der Waals surface area contributed by atoms with Crippen molar-refractivity contribution in [3.63, 3.8) is 0 Å². The summed E-state index contributed by atoms with van der Waals surface area (Å²) in [7, 11) is 0. The molecule has 1 aliphatic heterocycles. The minimum Gasteiger partial charge on any atom is -0.505 e. The van der Waals surface area contributed by atoms with Crippen LogP contribution in [0.2, 0.25) is 0 Å². The molecule has 3 unspecified atom stereocenters. The Kier molecular flexibility index (Phi) is 5.30. The number of rotatable bonds is 5. The van der Waals surface area contributed by atoms with Gasteiger partial charge in [0.2, 0.25) is 0 Å². The van der Waals surface area contributed by atoms with E-state index in [-0.39, 0.29) is 29.8 Å². The van der Waals surface area contributed by atoms with Crippen LogP contribution in [0.3, 0.4) is 0 Å². The second kappa shape index (κ2) is 7.30. The molecular weight excluding hydrogens is 319 g/mol. The molecule has 2 aliphatic rings. The van der Waals surface area contributed by atoms with Crippen LogP contribution >= 0.6 is 0 Å². The number of ether oxygens (including phenoxy) is 1. The van der Waals surface area contributed by atoms with Crippen LogP contribution in [0, 0.1) is 17.2 Å². The molecule has 3 nitrogen and oxygen atoms in total. The van der Waals surface area contributed by atoms with Crippen LogP contribution in [0.5, 0.6) is 5.75 Å². The van der Waals surface area contributed by atoms with Crippen molar-refractivity contribution < 1.29 is 19.3 Å². The number of phenols is 1. The number of allylic oxidation sites excluding steroid dienone is 3. The maximum Gasteiger partial charge on any atom is 0.165 e. The highest BCUT2D eigenvalue weighted by atomic mass is 19.1. The Morgan fingerprint density at radius 3 is 2.88 bits per heavy atom. The molecule has 2 N–H and O–H groups in total. The lowest BCUT2D eigenvalue weighted by Crippen LogP contribution is -2.43. The summed E-state index contributed by atoms with van der Waals surface area (Å²) in [5.41, 5.74) is 3.18. The molecule has 4 heteroatoms. The van der Waals surface area contributed by atoms with Crippen molar-refractivity contribution >= 4 is 0 Å². The second-order valence-electron chi connectivity index (χ2n) is 7.71. The van der Waals surface area contributed by atoms with E-state index in [9.17, 15) is 14.6 Å². The zero-order chi connectivity index (χ0) is 18.0. The lowest BCUT2D eigenvalue weighted by molar-refractivity contribution is -0.114. The maximum absolute atomic E-state index is 13.8. The van der Waals surface area contributed by atoms with E-state index in [1.54, 1.807) is 6.07 Å². The van der Waals surface area contributed by atoms with Crippen molar-refractivity contribution in [2.45, 2.75) is 45.6 Å². The highest BCUT2D eigenvalue weighted by molar-refractivity contribution is 5.32. The Bertz CT molecular complexity index is 690. The van der Waals surface area contributed by atoms with Crippen LogP contribution in [-0.4, -0.2) is 23.4 Å². The van der Waals surface area contributed by atoms with Crippen molar-refractivity contribution in [2.75, 3.05) is 13.2 Å². The third-order valence-electron chi connectivity index (χ3n) is 5.48. The molecular formula is C21H27FO3. The standard InChI is InChI=1S/C21H27FO3/c1-14(2)4-3-5-15-8-9-21(12-23)11-17(15)20(25-13-21)16-6-7-19(24)18(22)10-16/h4,6-8,10,17,20,23-24H,3,5,9,11-13H2,1-2H3. The number of aliphatic hydroxyl groups excluding tert-OH is 1. The average Bonchev–Trinajstić information content (AvgIpc) is 2.59. The van der Waals surface area contributed by atoms with Gasteiger partial charge in [-0.2, -0.15) is 0 Å². The SMILES string of the molecule is CC(C)=CCCC1=CCC2(CO)COC(c3ccc(O)c(F)c3)C1C2. The predicted octanol–water partition coefficient (Wildman–Crippen LogP) is 4.66. The first-order chi connectivity index (χ1) is 11.9. The normalized spacial score (nSPS) is 28.4. The summed E-state index contributed by atoms with van der Waals surface area (Å²) in [4.78, 5) is 0. The molecule has 0 spiro atoms. The number of phenolic OH excluding ortho intramolecular Hbond substituents is 1. The van der Waals surface area contributed by atoms with E-state index in [1.807, 2.05) is 0 Å². The van der Waals surface area contributed by atoms with Crippen molar-refractivity contribution in [1.82, 2.24) is 0 Å². The van der Waals surface area contributed by atoms with Gasteiger partial charge in [0.25, 0.3) is 0 Å². The summed E-state index contributed by atoms with van der Waals surface area (Å²) in [6.45, 7) is 4.78. The van der Waals surface area contributed by atoms with Crippen molar-refractivity contribution in [2.24, 2.45) is 11.3 Å². The minimum atomic E-state index is -0.619. The fourth-order valence-corrected chi connectivity index (χ4v) is 4.00. The van der Waals surface area contributed by atoms with Gasteiger partial charge in [-0.05, 0) is 57.2 Å². The smallest absolute Gasteiger partial charge is 0.165 e. The van der Waals surface area contributed by atoms with Gasteiger partial charge in [0.1, 0.15) is 0 Å². The lowest BCUT2D eigenvalue weighted by Gasteiger charge is -2.47. The number of halogens is 1. The van der Waals surface area contributed by atoms with Gasteiger partial charge >= 0.3 is 0 Å². The summed E-state index contributed by atoms with van der Waals surface area (Å²) in [6.07, 6.45) is 7.89. The summed E-state index contributed by atoms with van der Waals surface area (Å²) >= 11 is 0. The number of fused-ring (bicyclic) bond motifs is 2. The summed E-state index contributed by atoms with van der Waals surface area (Å²) < 4.78 is 19.9. The Morgan fingerprint density at radius 1 is 1.40 bits per heavy atom. The van der Waals surface area contributed by atoms with E-state index in [0.717, 1.165) is 31.2 Å². The average molecular weight is 346 g/mol. The molecule has 0 amide bonds. The van der Waals surface area contributed by atoms with Crippen molar-refractivity contribution in [3.05, 3.63) is 52.9 Å². The largest absolute Gasteiger partial charge is 0.505 e. The summed E-state index contributed by atoms with van der Waals surface area (Å²) in [5, 5.41) is 19.3. The van der Waals surface area contributed by atoms with Gasteiger partial charge in [0.15, 0.2) is 11.6 Å². The van der Waals surface area contributed by atoms with E-state index < -0.39 is 5.82 Å². The van der Waals surface area contributed by atoms with Gasteiger partial charge in [-0.1, -0.05) is 29.4 Å². The molecule has 1 aromatic rings. The first-order valence-corrected chi connectivity index (χ1v) is 8.97. The van der Waals surface area contributed by atoms with Gasteiger partial charge in [-0.15, -0.1) is 0 Å². The Morgan fingerprint density at radius 2 is 2.20 bits per heavy atom. The number of aliphatic hydroxyl groups is 1. The topological polar surface area (TPSA) is 49.7 Å². The maximum atomic E-state index is 13.8. The quantitative estimate of drug-likeness (QED) is 0.762. The molecule has 3 rings (SSSR count). The van der Waals surface area contributed by atoms with Gasteiger partial charge in [0.05, 0.1) is 19.3 Å². The van der Waals surface area contributed by atoms with Gasteiger partial charge in [-0.3, -0.25) is 0 Å². The third-order valence-corrected chi connectivity index (χ3v) is 5.48. The molecule has 1 saturated heterocycles. The summed E-state index contributed by atoms with van der Waals surface area (Å²) in [6, 6.07) is 4.49. The van der Waals surface area contributed by atoms with Gasteiger partial charge in [-0.25, -0.2) is 4.39 Å². The van der Waals surface area contributed by atoms with Crippen LogP contribution in [-0.2, 0) is 4.74 Å². The van der Waals surface area contributed by atoms with Crippen molar-refractivity contribution in [3.8, 4) is 5.75 Å². The number of aromatic hydroxyl groups is 1. The van der Waals surface area contributed by atoms with E-state index in [2.05, 4.69) is 26.0 Å². The molecule has 1 heterocycles. The highest BCUT2D eigenvalue weighted by Gasteiger charge is 2.45. The van der Waals surface area contributed by atoms with Gasteiger partial charge in [0, 0.05) is 11.3 Å². The Labute approximate surface area is 148 Å². The van der Waals surface area contributed by atoms with E-state index in [1.165, 1.54) is 23.3 Å². The molecule has 2 bridgehead atoms. The third kappa shape index (κ3) is 3.80. The second-order valence-corrected chi connectivity index (χ2v) is 7.71. The van der Waals surface area contributed by atoms with E-state index >= 15 is 0 Å². The van der Waals surface area contributed by atoms with E-state index in [0.29, 0.717) is 6.61 Å². The van der Waals surface area contributed by atoms with Crippen LogP contribution < -0.4 is 0 Å². The molecule has 1 aromatic carbocycles. The predicted molar refractivity (Wildman–Crippen MR) is 95.7 cm³/mol. The molecule has 0 saturated carbocycles. The molecule has 1 aliphatic carbocycles. The molecule has 3 atom stereocenters.